The molecule has 0 bridgehead atoms. The molecule has 6 heteroatoms. The monoisotopic (exact) mass is 410 g/mol. The molecule has 0 aliphatic carbocycles. The second-order valence-electron chi connectivity index (χ2n) is 6.49. The normalized spacial score (nSPS) is 17.8. The van der Waals surface area contributed by atoms with E-state index in [4.69, 9.17) is 16.3 Å². The van der Waals surface area contributed by atoms with E-state index in [9.17, 15) is 4.79 Å². The first-order valence-electron chi connectivity index (χ1n) is 8.83. The number of hydrogen-bond donors (Lipinski definition) is 2. The van der Waals surface area contributed by atoms with Crippen molar-refractivity contribution >= 4 is 51.8 Å². The van der Waals surface area contributed by atoms with Crippen molar-refractivity contribution in [2.24, 2.45) is 0 Å². The molecule has 3 aromatic rings. The third-order valence-electron chi connectivity index (χ3n) is 4.63. The predicted molar refractivity (Wildman–Crippen MR) is 118 cm³/mol. The number of methoxy groups -OCH3 is 1. The van der Waals surface area contributed by atoms with E-state index in [0.717, 1.165) is 33.3 Å². The average Bonchev–Trinajstić information content (AvgIpc) is 3.03. The van der Waals surface area contributed by atoms with Crippen LogP contribution in [0.2, 0.25) is 5.02 Å². The molecule has 28 heavy (non-hydrogen) atoms. The molecule has 0 aromatic heterocycles. The van der Waals surface area contributed by atoms with Gasteiger partial charge in [-0.2, -0.15) is 0 Å². The molecule has 142 valence electrons. The molecule has 1 fully saturated rings. The van der Waals surface area contributed by atoms with Gasteiger partial charge in [-0.25, -0.2) is 0 Å². The molecule has 1 saturated heterocycles. The number of halogens is 1. The first-order chi connectivity index (χ1) is 13.5. The topological polar surface area (TPSA) is 50.4 Å². The van der Waals surface area contributed by atoms with Gasteiger partial charge in [-0.3, -0.25) is 4.79 Å². The summed E-state index contributed by atoms with van der Waals surface area (Å²) in [4.78, 5) is 13.2. The largest absolute Gasteiger partial charge is 0.496 e. The quantitative estimate of drug-likeness (QED) is 0.564. The van der Waals surface area contributed by atoms with E-state index in [2.05, 4.69) is 10.6 Å². The van der Waals surface area contributed by atoms with Crippen molar-refractivity contribution in [3.8, 4) is 5.75 Å². The van der Waals surface area contributed by atoms with Gasteiger partial charge in [0.15, 0.2) is 5.50 Å². The lowest BCUT2D eigenvalue weighted by Crippen LogP contribution is -2.31. The maximum atomic E-state index is 12.5. The molecule has 1 aliphatic rings. The summed E-state index contributed by atoms with van der Waals surface area (Å²) in [5, 5.41) is 9.09. The van der Waals surface area contributed by atoms with Crippen LogP contribution in [0.4, 0.5) is 5.69 Å². The Morgan fingerprint density at radius 3 is 2.68 bits per heavy atom. The standard InChI is InChI=1S/C22H19ClN2O2S/c1-13-11-15(23)8-9-18(13)24-22-25-21(26)20(28-22)12-14-7-10-19(27-2)17-6-4-3-5-16(14)17/h3-12,22,24H,1-2H3,(H,25,26)/b20-12-. The summed E-state index contributed by atoms with van der Waals surface area (Å²) in [5.74, 6) is 0.730. The molecule has 1 heterocycles. The Morgan fingerprint density at radius 1 is 1.14 bits per heavy atom. The number of aryl methyl sites for hydroxylation is 1. The van der Waals surface area contributed by atoms with Crippen molar-refractivity contribution in [2.45, 2.75) is 12.4 Å². The van der Waals surface area contributed by atoms with E-state index in [-0.39, 0.29) is 11.4 Å². The van der Waals surface area contributed by atoms with Crippen molar-refractivity contribution in [3.63, 3.8) is 0 Å². The second-order valence-corrected chi connectivity index (χ2v) is 8.07. The number of hydrogen-bond acceptors (Lipinski definition) is 4. The number of benzene rings is 3. The van der Waals surface area contributed by atoms with Crippen LogP contribution in [0.25, 0.3) is 16.8 Å². The van der Waals surface area contributed by atoms with Crippen LogP contribution in [0.15, 0.2) is 59.5 Å². The number of fused-ring (bicyclic) bond motifs is 1. The summed E-state index contributed by atoms with van der Waals surface area (Å²) < 4.78 is 5.45. The zero-order valence-corrected chi connectivity index (χ0v) is 17.0. The van der Waals surface area contributed by atoms with Crippen LogP contribution < -0.4 is 15.4 Å². The Kier molecular flexibility index (Phi) is 5.20. The van der Waals surface area contributed by atoms with Crippen LogP contribution in [-0.2, 0) is 4.79 Å². The number of ether oxygens (including phenoxy) is 1. The van der Waals surface area contributed by atoms with E-state index in [1.807, 2.05) is 67.6 Å². The van der Waals surface area contributed by atoms with Gasteiger partial charge in [0.2, 0.25) is 0 Å². The molecule has 4 rings (SSSR count). The average molecular weight is 411 g/mol. The summed E-state index contributed by atoms with van der Waals surface area (Å²) in [7, 11) is 1.66. The summed E-state index contributed by atoms with van der Waals surface area (Å²) in [6.07, 6.45) is 1.93. The molecule has 1 amide bonds. The Morgan fingerprint density at radius 2 is 1.93 bits per heavy atom. The van der Waals surface area contributed by atoms with Gasteiger partial charge in [0.05, 0.1) is 12.0 Å². The van der Waals surface area contributed by atoms with Crippen molar-refractivity contribution in [1.82, 2.24) is 5.32 Å². The van der Waals surface area contributed by atoms with Crippen LogP contribution in [-0.4, -0.2) is 18.5 Å². The highest BCUT2D eigenvalue weighted by molar-refractivity contribution is 8.05. The molecular formula is C22H19ClN2O2S. The maximum absolute atomic E-state index is 12.5. The lowest BCUT2D eigenvalue weighted by atomic mass is 10.0. The van der Waals surface area contributed by atoms with Crippen molar-refractivity contribution in [3.05, 3.63) is 75.7 Å². The molecule has 1 atom stereocenters. The van der Waals surface area contributed by atoms with Gasteiger partial charge < -0.3 is 15.4 Å². The van der Waals surface area contributed by atoms with Gasteiger partial charge in [0, 0.05) is 16.1 Å². The zero-order valence-electron chi connectivity index (χ0n) is 15.5. The van der Waals surface area contributed by atoms with E-state index in [1.54, 1.807) is 7.11 Å². The Bertz CT molecular complexity index is 1100. The predicted octanol–water partition coefficient (Wildman–Crippen LogP) is 5.41. The van der Waals surface area contributed by atoms with E-state index in [0.29, 0.717) is 9.93 Å². The lowest BCUT2D eigenvalue weighted by molar-refractivity contribution is -0.116. The van der Waals surface area contributed by atoms with Gasteiger partial charge in [0.25, 0.3) is 5.91 Å². The fraction of sp³-hybridized carbons (Fsp3) is 0.136. The Labute approximate surface area is 172 Å². The minimum absolute atomic E-state index is 0.0889. The van der Waals surface area contributed by atoms with Crippen molar-refractivity contribution in [1.29, 1.82) is 0 Å². The van der Waals surface area contributed by atoms with Gasteiger partial charge in [0.1, 0.15) is 5.75 Å². The minimum Gasteiger partial charge on any atom is -0.496 e. The van der Waals surface area contributed by atoms with Gasteiger partial charge in [-0.05, 0) is 53.8 Å². The fourth-order valence-electron chi connectivity index (χ4n) is 3.24. The van der Waals surface area contributed by atoms with E-state index >= 15 is 0 Å². The van der Waals surface area contributed by atoms with Gasteiger partial charge in [-0.1, -0.05) is 53.7 Å². The number of carbonyl (C=O) groups is 1. The molecule has 4 nitrogen and oxygen atoms in total. The summed E-state index contributed by atoms with van der Waals surface area (Å²) in [5.41, 5.74) is 2.72. The van der Waals surface area contributed by atoms with Crippen molar-refractivity contribution in [2.75, 3.05) is 12.4 Å². The number of amides is 1. The number of carbonyl (C=O) groups excluding carboxylic acids is 1. The Balaban J connectivity index is 1.61. The molecule has 3 aromatic carbocycles. The van der Waals surface area contributed by atoms with Crippen LogP contribution in [0.3, 0.4) is 0 Å². The molecule has 2 N–H and O–H groups in total. The van der Waals surface area contributed by atoms with Crippen molar-refractivity contribution < 1.29 is 9.53 Å². The SMILES string of the molecule is COc1ccc(/C=C2\SC(Nc3ccc(Cl)cc3C)NC2=O)c2ccccc12. The third kappa shape index (κ3) is 3.68. The van der Waals surface area contributed by atoms with Crippen LogP contribution >= 0.6 is 23.4 Å². The number of thioether (sulfide) groups is 1. The first-order valence-corrected chi connectivity index (χ1v) is 10.1. The second kappa shape index (κ2) is 7.78. The molecular weight excluding hydrogens is 392 g/mol. The third-order valence-corrected chi connectivity index (χ3v) is 5.89. The zero-order chi connectivity index (χ0) is 19.7. The van der Waals surface area contributed by atoms with E-state index < -0.39 is 0 Å². The highest BCUT2D eigenvalue weighted by Crippen LogP contribution is 2.34. The lowest BCUT2D eigenvalue weighted by Gasteiger charge is -2.15. The number of anilines is 1. The summed E-state index contributed by atoms with van der Waals surface area (Å²) in [6.45, 7) is 1.98. The maximum Gasteiger partial charge on any atom is 0.260 e. The van der Waals surface area contributed by atoms with E-state index in [1.165, 1.54) is 11.8 Å². The molecule has 1 unspecified atom stereocenters. The summed E-state index contributed by atoms with van der Waals surface area (Å²) in [6, 6.07) is 17.6. The molecule has 0 radical (unpaired) electrons. The molecule has 1 aliphatic heterocycles. The highest BCUT2D eigenvalue weighted by atomic mass is 35.5. The van der Waals surface area contributed by atoms with Crippen LogP contribution in [0.5, 0.6) is 5.75 Å². The minimum atomic E-state index is -0.233. The molecule has 0 saturated carbocycles. The molecule has 0 spiro atoms. The highest BCUT2D eigenvalue weighted by Gasteiger charge is 2.27. The van der Waals surface area contributed by atoms with Gasteiger partial charge in [-0.15, -0.1) is 0 Å². The number of nitrogens with one attached hydrogen (secondary N) is 2. The van der Waals surface area contributed by atoms with Gasteiger partial charge >= 0.3 is 0 Å². The first kappa shape index (κ1) is 18.7. The van der Waals surface area contributed by atoms with Crippen LogP contribution in [0.1, 0.15) is 11.1 Å². The smallest absolute Gasteiger partial charge is 0.260 e. The Hall–Kier alpha value is -2.63. The number of rotatable bonds is 4. The fourth-order valence-corrected chi connectivity index (χ4v) is 4.43. The summed E-state index contributed by atoms with van der Waals surface area (Å²) >= 11 is 7.48. The van der Waals surface area contributed by atoms with Crippen LogP contribution in [0, 0.1) is 6.92 Å².